The number of nitrogens with zero attached hydrogens (tertiary/aromatic N) is 3. The van der Waals surface area contributed by atoms with Gasteiger partial charge in [-0.2, -0.15) is 5.10 Å². The summed E-state index contributed by atoms with van der Waals surface area (Å²) in [5.41, 5.74) is -0.132. The van der Waals surface area contributed by atoms with Gasteiger partial charge in [0.05, 0.1) is 12.6 Å². The number of halogens is 1. The van der Waals surface area contributed by atoms with Crippen molar-refractivity contribution in [2.45, 2.75) is 95.3 Å². The molecule has 8 nitrogen and oxygen atoms in total. The van der Waals surface area contributed by atoms with Gasteiger partial charge in [0.25, 0.3) is 0 Å². The second-order valence-electron chi connectivity index (χ2n) is 9.81. The molecule has 2 saturated carbocycles. The molecule has 2 aliphatic carbocycles. The molecule has 2 aliphatic heterocycles. The van der Waals surface area contributed by atoms with Crippen molar-refractivity contribution < 1.29 is 9.18 Å². The highest BCUT2D eigenvalue weighted by molar-refractivity contribution is 5.82. The van der Waals surface area contributed by atoms with E-state index in [1.54, 1.807) is 4.57 Å². The Balaban J connectivity index is 1.17. The Morgan fingerprint density at radius 2 is 2.07 bits per heavy atom. The van der Waals surface area contributed by atoms with Gasteiger partial charge >= 0.3 is 5.69 Å². The Labute approximate surface area is 176 Å². The molecule has 7 atom stereocenters. The third-order valence-corrected chi connectivity index (χ3v) is 7.96. The van der Waals surface area contributed by atoms with E-state index in [-0.39, 0.29) is 35.6 Å². The summed E-state index contributed by atoms with van der Waals surface area (Å²) in [5.74, 6) is 1.24. The summed E-state index contributed by atoms with van der Waals surface area (Å²) in [5, 5.41) is 13.4. The molecule has 0 bridgehead atoms. The molecule has 3 N–H and O–H groups in total. The molecule has 3 heterocycles. The summed E-state index contributed by atoms with van der Waals surface area (Å²) in [6, 6.07) is 0.401. The molecule has 1 aromatic heterocycles. The zero-order valence-corrected chi connectivity index (χ0v) is 17.6. The maximum atomic E-state index is 14.4. The molecule has 5 unspecified atom stereocenters. The van der Waals surface area contributed by atoms with Crippen LogP contribution in [0.2, 0.25) is 0 Å². The first-order valence-corrected chi connectivity index (χ1v) is 11.6. The number of carbonyl (C=O) groups is 1. The third-order valence-electron chi connectivity index (χ3n) is 7.96. The van der Waals surface area contributed by atoms with Crippen molar-refractivity contribution in [2.75, 3.05) is 6.54 Å². The number of nitrogens with one attached hydrogen (secondary N) is 3. The highest BCUT2D eigenvalue weighted by Crippen LogP contribution is 2.38. The quantitative estimate of drug-likeness (QED) is 0.676. The fourth-order valence-electron chi connectivity index (χ4n) is 6.23. The predicted octanol–water partition coefficient (Wildman–Crippen LogP) is 0.929. The Hall–Kier alpha value is -1.74. The van der Waals surface area contributed by atoms with E-state index in [1.165, 1.54) is 0 Å². The van der Waals surface area contributed by atoms with Gasteiger partial charge in [-0.25, -0.2) is 14.3 Å². The lowest BCUT2D eigenvalue weighted by Gasteiger charge is -2.39. The van der Waals surface area contributed by atoms with Gasteiger partial charge in [-0.1, -0.05) is 6.92 Å². The van der Waals surface area contributed by atoms with E-state index in [2.05, 4.69) is 32.7 Å². The number of rotatable bonds is 3. The lowest BCUT2D eigenvalue weighted by atomic mass is 9.77. The van der Waals surface area contributed by atoms with Crippen LogP contribution in [0.25, 0.3) is 0 Å². The highest BCUT2D eigenvalue weighted by atomic mass is 19.1. The summed E-state index contributed by atoms with van der Waals surface area (Å²) in [6.45, 7) is 4.34. The number of hydrogen-bond donors (Lipinski definition) is 3. The van der Waals surface area contributed by atoms with Crippen LogP contribution >= 0.6 is 0 Å². The minimum absolute atomic E-state index is 0.0246. The van der Waals surface area contributed by atoms with Gasteiger partial charge in [-0.15, -0.1) is 0 Å². The molecule has 0 aromatic carbocycles. The SMILES string of the molecule is CC1CCC(F)C2CC(C(=O)N[C@@H]3CCC[C@@H](N4CCn5c(n[nH]c5=O)C4)C3)NC12. The van der Waals surface area contributed by atoms with Crippen molar-refractivity contribution in [3.8, 4) is 0 Å². The molecular formula is C21H33FN6O2. The molecule has 166 valence electrons. The van der Waals surface area contributed by atoms with Crippen LogP contribution in [-0.4, -0.2) is 62.5 Å². The summed E-state index contributed by atoms with van der Waals surface area (Å²) >= 11 is 0. The lowest BCUT2D eigenvalue weighted by molar-refractivity contribution is -0.124. The summed E-state index contributed by atoms with van der Waals surface area (Å²) in [7, 11) is 0. The predicted molar refractivity (Wildman–Crippen MR) is 110 cm³/mol. The van der Waals surface area contributed by atoms with Gasteiger partial charge in [0, 0.05) is 37.1 Å². The number of carbonyl (C=O) groups excluding carboxylic acids is 1. The van der Waals surface area contributed by atoms with Gasteiger partial charge in [0.1, 0.15) is 12.0 Å². The van der Waals surface area contributed by atoms with E-state index < -0.39 is 6.17 Å². The molecule has 9 heteroatoms. The molecule has 0 spiro atoms. The van der Waals surface area contributed by atoms with Gasteiger partial charge in [-0.3, -0.25) is 14.3 Å². The Kier molecular flexibility index (Phi) is 5.43. The van der Waals surface area contributed by atoms with Gasteiger partial charge in [0.15, 0.2) is 0 Å². The number of aromatic nitrogens is 3. The van der Waals surface area contributed by atoms with Crippen LogP contribution in [0.5, 0.6) is 0 Å². The highest BCUT2D eigenvalue weighted by Gasteiger charge is 2.46. The smallest absolute Gasteiger partial charge is 0.343 e. The Bertz CT molecular complexity index is 822. The second kappa shape index (κ2) is 8.07. The third kappa shape index (κ3) is 3.70. The number of H-pyrrole nitrogens is 1. The van der Waals surface area contributed by atoms with E-state index >= 15 is 0 Å². The number of fused-ring (bicyclic) bond motifs is 2. The summed E-state index contributed by atoms with van der Waals surface area (Å²) < 4.78 is 16.1. The van der Waals surface area contributed by atoms with E-state index in [4.69, 9.17) is 0 Å². The van der Waals surface area contributed by atoms with Crippen molar-refractivity contribution in [1.82, 2.24) is 30.3 Å². The number of hydrogen-bond acceptors (Lipinski definition) is 5. The monoisotopic (exact) mass is 420 g/mol. The van der Waals surface area contributed by atoms with Crippen molar-refractivity contribution >= 4 is 5.91 Å². The Morgan fingerprint density at radius 1 is 1.20 bits per heavy atom. The van der Waals surface area contributed by atoms with E-state index in [0.29, 0.717) is 37.9 Å². The van der Waals surface area contributed by atoms with Crippen LogP contribution in [-0.2, 0) is 17.9 Å². The minimum atomic E-state index is -0.783. The van der Waals surface area contributed by atoms with Crippen LogP contribution in [0.1, 0.15) is 57.7 Å². The molecule has 1 saturated heterocycles. The van der Waals surface area contributed by atoms with Gasteiger partial charge in [0.2, 0.25) is 5.91 Å². The number of amides is 1. The maximum absolute atomic E-state index is 14.4. The van der Waals surface area contributed by atoms with Crippen molar-refractivity contribution in [3.63, 3.8) is 0 Å². The molecule has 5 rings (SSSR count). The molecule has 4 aliphatic rings. The van der Waals surface area contributed by atoms with Crippen LogP contribution in [0.4, 0.5) is 4.39 Å². The fourth-order valence-corrected chi connectivity index (χ4v) is 6.23. The molecule has 1 amide bonds. The van der Waals surface area contributed by atoms with Crippen LogP contribution in [0.3, 0.4) is 0 Å². The first-order valence-electron chi connectivity index (χ1n) is 11.6. The zero-order chi connectivity index (χ0) is 20.8. The summed E-state index contributed by atoms with van der Waals surface area (Å²) in [4.78, 5) is 27.1. The lowest BCUT2D eigenvalue weighted by Crippen LogP contribution is -2.52. The van der Waals surface area contributed by atoms with Crippen LogP contribution < -0.4 is 16.3 Å². The number of alkyl halides is 1. The maximum Gasteiger partial charge on any atom is 0.343 e. The van der Waals surface area contributed by atoms with E-state index in [9.17, 15) is 14.0 Å². The zero-order valence-electron chi connectivity index (χ0n) is 17.6. The fraction of sp³-hybridized carbons (Fsp3) is 0.857. The molecular weight excluding hydrogens is 387 g/mol. The molecule has 1 aromatic rings. The van der Waals surface area contributed by atoms with Gasteiger partial charge < -0.3 is 10.6 Å². The second-order valence-corrected chi connectivity index (χ2v) is 9.81. The normalized spacial score (nSPS) is 39.3. The molecule has 3 fully saturated rings. The van der Waals surface area contributed by atoms with Crippen LogP contribution in [0.15, 0.2) is 4.79 Å². The van der Waals surface area contributed by atoms with Crippen molar-refractivity contribution in [3.05, 3.63) is 16.3 Å². The standard InChI is InChI=1S/C21H33FN6O2/c1-12-5-6-16(22)15-10-17(24-19(12)15)20(29)23-13-3-2-4-14(9-13)27-7-8-28-18(11-27)25-26-21(28)30/h12-17,19,24H,2-11H2,1H3,(H,23,29)(H,26,30)/t12?,13-,14-,15?,16?,17?,19?/m1/s1. The minimum Gasteiger partial charge on any atom is -0.352 e. The first kappa shape index (κ1) is 20.2. The van der Waals surface area contributed by atoms with E-state index in [0.717, 1.165) is 44.5 Å². The average Bonchev–Trinajstić information content (AvgIpc) is 3.36. The largest absolute Gasteiger partial charge is 0.352 e. The van der Waals surface area contributed by atoms with E-state index in [1.807, 2.05) is 0 Å². The topological polar surface area (TPSA) is 95.1 Å². The molecule has 30 heavy (non-hydrogen) atoms. The van der Waals surface area contributed by atoms with Crippen molar-refractivity contribution in [1.29, 1.82) is 0 Å². The van der Waals surface area contributed by atoms with Gasteiger partial charge in [-0.05, 0) is 50.9 Å². The van der Waals surface area contributed by atoms with Crippen molar-refractivity contribution in [2.24, 2.45) is 11.8 Å². The Morgan fingerprint density at radius 3 is 2.90 bits per heavy atom. The van der Waals surface area contributed by atoms with Crippen LogP contribution in [0, 0.1) is 11.8 Å². The summed E-state index contributed by atoms with van der Waals surface area (Å²) in [6.07, 6.45) is 5.44. The average molecular weight is 421 g/mol. The first-order chi connectivity index (χ1) is 14.5. The molecule has 0 radical (unpaired) electrons. The number of aromatic amines is 1.